The molecule has 19 heavy (non-hydrogen) atoms. The van der Waals surface area contributed by atoms with Crippen LogP contribution in [0.1, 0.15) is 28.8 Å². The summed E-state index contributed by atoms with van der Waals surface area (Å²) in [6, 6.07) is 2.84. The quantitative estimate of drug-likeness (QED) is 0.663. The molecular formula is C14H14FN3O. The smallest absolute Gasteiger partial charge is 0.211 e. The van der Waals surface area contributed by atoms with Gasteiger partial charge in [0, 0.05) is 29.9 Å². The Hall–Kier alpha value is -1.88. The van der Waals surface area contributed by atoms with Crippen molar-refractivity contribution in [3.05, 3.63) is 34.8 Å². The summed E-state index contributed by atoms with van der Waals surface area (Å²) in [5.74, 6) is -0.116. The van der Waals surface area contributed by atoms with Crippen LogP contribution in [0.5, 0.6) is 0 Å². The van der Waals surface area contributed by atoms with Gasteiger partial charge in [0.25, 0.3) is 0 Å². The fourth-order valence-electron chi connectivity index (χ4n) is 3.34. The highest BCUT2D eigenvalue weighted by Crippen LogP contribution is 2.45. The number of hydrogen-bond acceptors (Lipinski definition) is 4. The molecule has 98 valence electrons. The Kier molecular flexibility index (Phi) is 2.20. The van der Waals surface area contributed by atoms with Gasteiger partial charge in [-0.2, -0.15) is 0 Å². The molecule has 1 aromatic rings. The minimum atomic E-state index is -0.362. The summed E-state index contributed by atoms with van der Waals surface area (Å²) in [5, 5.41) is 3.26. The van der Waals surface area contributed by atoms with Crippen molar-refractivity contribution in [1.82, 2.24) is 10.9 Å². The number of hydrazine groups is 1. The molecule has 5 heteroatoms. The first-order valence-corrected chi connectivity index (χ1v) is 6.61. The average Bonchev–Trinajstić information content (AvgIpc) is 2.57. The lowest BCUT2D eigenvalue weighted by Gasteiger charge is -2.14. The van der Waals surface area contributed by atoms with Crippen molar-refractivity contribution in [3.8, 4) is 0 Å². The molecule has 1 atom stereocenters. The summed E-state index contributed by atoms with van der Waals surface area (Å²) in [6.07, 6.45) is 1.95. The van der Waals surface area contributed by atoms with Crippen LogP contribution >= 0.6 is 0 Å². The average molecular weight is 259 g/mol. The third-order valence-corrected chi connectivity index (χ3v) is 4.16. The van der Waals surface area contributed by atoms with E-state index in [1.165, 1.54) is 12.1 Å². The molecule has 1 aromatic carbocycles. The third kappa shape index (κ3) is 1.45. The van der Waals surface area contributed by atoms with Crippen LogP contribution < -0.4 is 16.2 Å². The van der Waals surface area contributed by atoms with Gasteiger partial charge in [0.15, 0.2) is 0 Å². The van der Waals surface area contributed by atoms with Gasteiger partial charge < -0.3 is 10.7 Å². The fraction of sp³-hybridized carbons (Fsp3) is 0.357. The van der Waals surface area contributed by atoms with E-state index in [-0.39, 0.29) is 11.6 Å². The maximum Gasteiger partial charge on any atom is 0.211 e. The third-order valence-electron chi connectivity index (χ3n) is 4.16. The lowest BCUT2D eigenvalue weighted by Crippen LogP contribution is -2.32. The molecule has 1 aliphatic carbocycles. The summed E-state index contributed by atoms with van der Waals surface area (Å²) < 4.78 is 13.6. The van der Waals surface area contributed by atoms with Gasteiger partial charge in [-0.15, -0.1) is 0 Å². The molecule has 0 saturated carbocycles. The molecule has 0 amide bonds. The van der Waals surface area contributed by atoms with Gasteiger partial charge >= 0.3 is 0 Å². The summed E-state index contributed by atoms with van der Waals surface area (Å²) in [4.78, 5) is 12.4. The first-order chi connectivity index (χ1) is 9.25. The van der Waals surface area contributed by atoms with E-state index in [0.29, 0.717) is 17.2 Å². The number of halogens is 1. The van der Waals surface area contributed by atoms with Crippen LogP contribution in [-0.2, 0) is 0 Å². The highest BCUT2D eigenvalue weighted by molar-refractivity contribution is 6.22. The Morgan fingerprint density at radius 2 is 2.05 bits per heavy atom. The SMILES string of the molecule is O=C1C2=C3c4c(cc(F)cc41)NCCC3CCNN2. The van der Waals surface area contributed by atoms with Crippen LogP contribution in [-0.4, -0.2) is 18.9 Å². The van der Waals surface area contributed by atoms with E-state index in [9.17, 15) is 9.18 Å². The fourth-order valence-corrected chi connectivity index (χ4v) is 3.34. The molecule has 1 unspecified atom stereocenters. The summed E-state index contributed by atoms with van der Waals surface area (Å²) in [7, 11) is 0. The lowest BCUT2D eigenvalue weighted by molar-refractivity contribution is 0.102. The van der Waals surface area contributed by atoms with Crippen LogP contribution in [0, 0.1) is 11.7 Å². The van der Waals surface area contributed by atoms with Crippen LogP contribution in [0.4, 0.5) is 10.1 Å². The van der Waals surface area contributed by atoms with E-state index in [1.807, 2.05) is 0 Å². The topological polar surface area (TPSA) is 53.2 Å². The second kappa shape index (κ2) is 3.81. The van der Waals surface area contributed by atoms with E-state index in [4.69, 9.17) is 0 Å². The van der Waals surface area contributed by atoms with Crippen molar-refractivity contribution in [2.24, 2.45) is 5.92 Å². The second-order valence-corrected chi connectivity index (χ2v) is 5.25. The molecule has 3 N–H and O–H groups in total. The molecule has 0 spiro atoms. The molecular weight excluding hydrogens is 245 g/mol. The zero-order valence-corrected chi connectivity index (χ0v) is 10.3. The number of benzene rings is 1. The number of anilines is 1. The van der Waals surface area contributed by atoms with E-state index in [1.54, 1.807) is 0 Å². The van der Waals surface area contributed by atoms with Crippen molar-refractivity contribution in [2.75, 3.05) is 18.4 Å². The zero-order chi connectivity index (χ0) is 13.0. The molecule has 2 heterocycles. The number of Topliss-reactive ketones (excluding diaryl/α,β-unsaturated/α-hetero) is 1. The number of rotatable bonds is 0. The van der Waals surface area contributed by atoms with Gasteiger partial charge in [0.05, 0.1) is 0 Å². The molecule has 0 saturated heterocycles. The maximum absolute atomic E-state index is 13.6. The van der Waals surface area contributed by atoms with Crippen LogP contribution in [0.2, 0.25) is 0 Å². The predicted octanol–water partition coefficient (Wildman–Crippen LogP) is 1.66. The van der Waals surface area contributed by atoms with Gasteiger partial charge in [-0.25, -0.2) is 9.82 Å². The first kappa shape index (κ1) is 11.0. The Labute approximate surface area is 110 Å². The van der Waals surface area contributed by atoms with Gasteiger partial charge in [-0.3, -0.25) is 4.79 Å². The highest BCUT2D eigenvalue weighted by atomic mass is 19.1. The molecule has 2 aliphatic heterocycles. The minimum absolute atomic E-state index is 0.103. The standard InChI is InChI=1S/C14H14FN3O/c15-8-5-9-12-10(6-8)16-3-1-7-2-4-17-18-13(11(7)12)14(9)19/h5-7,16-18H,1-4H2. The normalized spacial score (nSPS) is 24.3. The Balaban J connectivity index is 2.02. The van der Waals surface area contributed by atoms with Crippen LogP contribution in [0.15, 0.2) is 17.8 Å². The first-order valence-electron chi connectivity index (χ1n) is 6.61. The molecule has 4 rings (SSSR count). The summed E-state index contributed by atoms with van der Waals surface area (Å²) in [6.45, 7) is 1.64. The molecule has 3 aliphatic rings. The van der Waals surface area contributed by atoms with E-state index < -0.39 is 0 Å². The number of carbonyl (C=O) groups is 1. The van der Waals surface area contributed by atoms with Crippen LogP contribution in [0.3, 0.4) is 0 Å². The Morgan fingerprint density at radius 3 is 2.95 bits per heavy atom. The monoisotopic (exact) mass is 259 g/mol. The largest absolute Gasteiger partial charge is 0.384 e. The Bertz CT molecular complexity index is 623. The van der Waals surface area contributed by atoms with Crippen molar-refractivity contribution < 1.29 is 9.18 Å². The van der Waals surface area contributed by atoms with Crippen molar-refractivity contribution >= 4 is 17.0 Å². The van der Waals surface area contributed by atoms with Crippen molar-refractivity contribution in [2.45, 2.75) is 12.8 Å². The molecule has 4 nitrogen and oxygen atoms in total. The summed E-state index contributed by atoms with van der Waals surface area (Å²) >= 11 is 0. The van der Waals surface area contributed by atoms with Crippen molar-refractivity contribution in [3.63, 3.8) is 0 Å². The second-order valence-electron chi connectivity index (χ2n) is 5.25. The summed E-state index contributed by atoms with van der Waals surface area (Å²) in [5.41, 5.74) is 9.87. The van der Waals surface area contributed by atoms with E-state index in [0.717, 1.165) is 42.8 Å². The van der Waals surface area contributed by atoms with Gasteiger partial charge in [0.1, 0.15) is 11.5 Å². The van der Waals surface area contributed by atoms with E-state index in [2.05, 4.69) is 16.2 Å². The van der Waals surface area contributed by atoms with Gasteiger partial charge in [0.2, 0.25) is 5.78 Å². The van der Waals surface area contributed by atoms with Crippen LogP contribution in [0.25, 0.3) is 5.57 Å². The van der Waals surface area contributed by atoms with Crippen molar-refractivity contribution in [1.29, 1.82) is 0 Å². The number of allylic oxidation sites excluding steroid dienone is 2. The number of hydrogen-bond donors (Lipinski definition) is 3. The molecule has 0 fully saturated rings. The zero-order valence-electron chi connectivity index (χ0n) is 10.3. The number of nitrogens with one attached hydrogen (secondary N) is 3. The highest BCUT2D eigenvalue weighted by Gasteiger charge is 2.38. The molecule has 0 bridgehead atoms. The molecule has 0 radical (unpaired) electrons. The maximum atomic E-state index is 13.6. The molecule has 0 aromatic heterocycles. The van der Waals surface area contributed by atoms with E-state index >= 15 is 0 Å². The number of ketones is 1. The van der Waals surface area contributed by atoms with Gasteiger partial charge in [-0.1, -0.05) is 0 Å². The predicted molar refractivity (Wildman–Crippen MR) is 70.0 cm³/mol. The van der Waals surface area contributed by atoms with Gasteiger partial charge in [-0.05, 0) is 36.5 Å². The lowest BCUT2D eigenvalue weighted by atomic mass is 9.89. The number of carbonyl (C=O) groups excluding carboxylic acids is 1. The Morgan fingerprint density at radius 1 is 1.21 bits per heavy atom. The minimum Gasteiger partial charge on any atom is -0.384 e.